The Morgan fingerprint density at radius 2 is 1.86 bits per heavy atom. The van der Waals surface area contributed by atoms with Crippen LogP contribution in [0.4, 0.5) is 0 Å². The number of fused-ring (bicyclic) bond motifs is 1. The molecule has 1 fully saturated rings. The Hall–Kier alpha value is -2.87. The van der Waals surface area contributed by atoms with Crippen LogP contribution in [0.1, 0.15) is 41.0 Å². The highest BCUT2D eigenvalue weighted by Gasteiger charge is 2.34. The highest BCUT2D eigenvalue weighted by molar-refractivity contribution is 7.10. The maximum Gasteiger partial charge on any atom is 0.237 e. The summed E-state index contributed by atoms with van der Waals surface area (Å²) < 4.78 is 11.4. The topological polar surface area (TPSA) is 62.2 Å². The van der Waals surface area contributed by atoms with Crippen LogP contribution in [0.5, 0.6) is 11.5 Å². The molecule has 7 heteroatoms. The quantitative estimate of drug-likeness (QED) is 0.408. The molecule has 1 aliphatic heterocycles. The number of benzene rings is 2. The van der Waals surface area contributed by atoms with E-state index in [1.165, 1.54) is 23.3 Å². The van der Waals surface area contributed by atoms with Gasteiger partial charge < -0.3 is 19.5 Å². The molecule has 5 rings (SSSR count). The SMILES string of the molecule is COc1ccc(OCC2c3ccsc3CCN2C(=O)CN(CC2CC2)CC(O)c2ccccc2)cc1. The van der Waals surface area contributed by atoms with Gasteiger partial charge in [0.15, 0.2) is 0 Å². The summed E-state index contributed by atoms with van der Waals surface area (Å²) in [7, 11) is 1.64. The van der Waals surface area contributed by atoms with Gasteiger partial charge in [-0.2, -0.15) is 0 Å². The molecule has 2 aromatic carbocycles. The van der Waals surface area contributed by atoms with Crippen molar-refractivity contribution in [3.63, 3.8) is 0 Å². The average molecular weight is 507 g/mol. The molecule has 190 valence electrons. The number of methoxy groups -OCH3 is 1. The van der Waals surface area contributed by atoms with Gasteiger partial charge in [0.25, 0.3) is 0 Å². The highest BCUT2D eigenvalue weighted by Crippen LogP contribution is 2.35. The lowest BCUT2D eigenvalue weighted by Gasteiger charge is -2.37. The molecule has 2 aliphatic rings. The van der Waals surface area contributed by atoms with Crippen molar-refractivity contribution < 1.29 is 19.4 Å². The number of thiophene rings is 1. The van der Waals surface area contributed by atoms with Crippen molar-refractivity contribution in [2.24, 2.45) is 5.92 Å². The molecule has 0 bridgehead atoms. The molecule has 2 atom stereocenters. The van der Waals surface area contributed by atoms with Crippen LogP contribution in [0.25, 0.3) is 0 Å². The number of carbonyl (C=O) groups excluding carboxylic acids is 1. The second kappa shape index (κ2) is 11.5. The summed E-state index contributed by atoms with van der Waals surface area (Å²) in [5.74, 6) is 2.26. The Morgan fingerprint density at radius 3 is 2.58 bits per heavy atom. The lowest BCUT2D eigenvalue weighted by Crippen LogP contribution is -2.47. The van der Waals surface area contributed by atoms with E-state index in [2.05, 4.69) is 16.3 Å². The van der Waals surface area contributed by atoms with Crippen LogP contribution in [0.2, 0.25) is 0 Å². The minimum absolute atomic E-state index is 0.0936. The first kappa shape index (κ1) is 24.8. The van der Waals surface area contributed by atoms with E-state index in [0.717, 1.165) is 30.0 Å². The van der Waals surface area contributed by atoms with E-state index in [1.54, 1.807) is 18.4 Å². The zero-order valence-electron chi connectivity index (χ0n) is 20.7. The summed E-state index contributed by atoms with van der Waals surface area (Å²) in [5.41, 5.74) is 2.07. The molecule has 1 amide bonds. The molecule has 3 aromatic rings. The van der Waals surface area contributed by atoms with E-state index in [1.807, 2.05) is 59.5 Å². The second-order valence-electron chi connectivity index (χ2n) is 9.70. The summed E-state index contributed by atoms with van der Waals surface area (Å²) in [6, 6.07) is 19.3. The van der Waals surface area contributed by atoms with Gasteiger partial charge in [0.2, 0.25) is 5.91 Å². The van der Waals surface area contributed by atoms with Gasteiger partial charge in [-0.15, -0.1) is 11.3 Å². The minimum atomic E-state index is -0.614. The van der Waals surface area contributed by atoms with Gasteiger partial charge in [-0.05, 0) is 72.0 Å². The van der Waals surface area contributed by atoms with Crippen molar-refractivity contribution in [2.45, 2.75) is 31.4 Å². The number of hydrogen-bond donors (Lipinski definition) is 1. The van der Waals surface area contributed by atoms with Crippen molar-refractivity contribution in [2.75, 3.05) is 39.9 Å². The molecule has 0 spiro atoms. The van der Waals surface area contributed by atoms with Crippen LogP contribution in [0.15, 0.2) is 66.0 Å². The molecule has 1 saturated carbocycles. The highest BCUT2D eigenvalue weighted by atomic mass is 32.1. The number of aliphatic hydroxyl groups excluding tert-OH is 1. The molecule has 2 unspecified atom stereocenters. The van der Waals surface area contributed by atoms with Gasteiger partial charge in [-0.1, -0.05) is 30.3 Å². The first-order valence-electron chi connectivity index (χ1n) is 12.7. The number of nitrogens with zero attached hydrogens (tertiary/aromatic N) is 2. The monoisotopic (exact) mass is 506 g/mol. The van der Waals surface area contributed by atoms with Crippen molar-refractivity contribution >= 4 is 17.2 Å². The van der Waals surface area contributed by atoms with Crippen LogP contribution in [0.3, 0.4) is 0 Å². The molecule has 1 aromatic heterocycles. The first-order chi connectivity index (χ1) is 17.6. The van der Waals surface area contributed by atoms with E-state index in [0.29, 0.717) is 32.2 Å². The predicted octanol–water partition coefficient (Wildman–Crippen LogP) is 4.71. The number of aliphatic hydroxyl groups is 1. The van der Waals surface area contributed by atoms with Gasteiger partial charge in [-0.25, -0.2) is 0 Å². The van der Waals surface area contributed by atoms with Gasteiger partial charge >= 0.3 is 0 Å². The van der Waals surface area contributed by atoms with E-state index in [4.69, 9.17) is 9.47 Å². The molecule has 2 heterocycles. The Kier molecular flexibility index (Phi) is 7.90. The number of amides is 1. The van der Waals surface area contributed by atoms with Gasteiger partial charge in [0.1, 0.15) is 18.1 Å². The third-order valence-electron chi connectivity index (χ3n) is 7.07. The normalized spacial score (nSPS) is 18.1. The summed E-state index contributed by atoms with van der Waals surface area (Å²) in [6.07, 6.45) is 2.66. The molecule has 0 saturated heterocycles. The molecule has 6 nitrogen and oxygen atoms in total. The van der Waals surface area contributed by atoms with Crippen molar-refractivity contribution in [1.29, 1.82) is 0 Å². The largest absolute Gasteiger partial charge is 0.497 e. The summed E-state index contributed by atoms with van der Waals surface area (Å²) in [4.78, 5) is 19.2. The van der Waals surface area contributed by atoms with E-state index in [-0.39, 0.29) is 11.9 Å². The van der Waals surface area contributed by atoms with E-state index in [9.17, 15) is 9.90 Å². The maximum absolute atomic E-state index is 13.7. The molecular formula is C29H34N2O4S. The molecule has 0 radical (unpaired) electrons. The lowest BCUT2D eigenvalue weighted by atomic mass is 10.00. The fraction of sp³-hybridized carbons (Fsp3) is 0.414. The number of rotatable bonds is 11. The minimum Gasteiger partial charge on any atom is -0.497 e. The predicted molar refractivity (Wildman–Crippen MR) is 142 cm³/mol. The van der Waals surface area contributed by atoms with Crippen LogP contribution in [0, 0.1) is 5.92 Å². The zero-order valence-corrected chi connectivity index (χ0v) is 21.5. The van der Waals surface area contributed by atoms with E-state index >= 15 is 0 Å². The van der Waals surface area contributed by atoms with Crippen molar-refractivity contribution in [3.8, 4) is 11.5 Å². The lowest BCUT2D eigenvalue weighted by molar-refractivity contribution is -0.136. The second-order valence-corrected chi connectivity index (χ2v) is 10.7. The van der Waals surface area contributed by atoms with Crippen molar-refractivity contribution in [1.82, 2.24) is 9.80 Å². The third-order valence-corrected chi connectivity index (χ3v) is 8.07. The fourth-order valence-corrected chi connectivity index (χ4v) is 5.83. The molecule has 36 heavy (non-hydrogen) atoms. The van der Waals surface area contributed by atoms with Crippen LogP contribution in [-0.4, -0.2) is 60.7 Å². The van der Waals surface area contributed by atoms with Gasteiger partial charge in [0, 0.05) is 24.5 Å². The zero-order chi connectivity index (χ0) is 24.9. The van der Waals surface area contributed by atoms with Crippen molar-refractivity contribution in [3.05, 3.63) is 82.0 Å². The first-order valence-corrected chi connectivity index (χ1v) is 13.6. The number of ether oxygens (including phenoxy) is 2. The van der Waals surface area contributed by atoms with E-state index < -0.39 is 6.10 Å². The average Bonchev–Trinajstić information content (AvgIpc) is 3.59. The smallest absolute Gasteiger partial charge is 0.237 e. The van der Waals surface area contributed by atoms with Crippen LogP contribution >= 0.6 is 11.3 Å². The summed E-state index contributed by atoms with van der Waals surface area (Å²) in [6.45, 7) is 2.69. The van der Waals surface area contributed by atoms with Gasteiger partial charge in [0.05, 0.1) is 25.8 Å². The standard InChI is InChI=1S/C29H34N2O4S/c1-34-23-9-11-24(12-10-23)35-20-26-25-14-16-36-28(25)13-15-31(26)29(33)19-30(17-21-7-8-21)18-27(32)22-5-3-2-4-6-22/h2-6,9-12,14,16,21,26-27,32H,7-8,13,15,17-20H2,1H3. The third kappa shape index (κ3) is 6.09. The van der Waals surface area contributed by atoms with Gasteiger partial charge in [-0.3, -0.25) is 9.69 Å². The maximum atomic E-state index is 13.7. The molecule has 1 aliphatic carbocycles. The number of carbonyl (C=O) groups is 1. The molecular weight excluding hydrogens is 472 g/mol. The fourth-order valence-electron chi connectivity index (χ4n) is 4.90. The van der Waals surface area contributed by atoms with Crippen LogP contribution < -0.4 is 9.47 Å². The Morgan fingerprint density at radius 1 is 1.11 bits per heavy atom. The van der Waals surface area contributed by atoms with Crippen LogP contribution in [-0.2, 0) is 11.2 Å². The Bertz CT molecular complexity index is 1130. The Labute approximate surface area is 217 Å². The molecule has 1 N–H and O–H groups in total. The Balaban J connectivity index is 1.28. The number of hydrogen-bond acceptors (Lipinski definition) is 6. The summed E-state index contributed by atoms with van der Waals surface area (Å²) in [5, 5.41) is 13.0. The summed E-state index contributed by atoms with van der Waals surface area (Å²) >= 11 is 1.75.